The molecule has 0 heterocycles. The highest BCUT2D eigenvalue weighted by Gasteiger charge is 2.35. The van der Waals surface area contributed by atoms with Gasteiger partial charge in [0.25, 0.3) is 0 Å². The molecule has 0 amide bonds. The van der Waals surface area contributed by atoms with Crippen molar-refractivity contribution in [2.75, 3.05) is 5.73 Å². The van der Waals surface area contributed by atoms with E-state index in [9.17, 15) is 12.8 Å². The van der Waals surface area contributed by atoms with Crippen molar-refractivity contribution >= 4 is 31.6 Å². The van der Waals surface area contributed by atoms with E-state index in [4.69, 9.17) is 5.73 Å². The summed E-state index contributed by atoms with van der Waals surface area (Å²) in [6.07, 6.45) is 3.90. The van der Waals surface area contributed by atoms with E-state index in [0.717, 1.165) is 37.8 Å². The molecule has 0 radical (unpaired) electrons. The summed E-state index contributed by atoms with van der Waals surface area (Å²) in [5.74, 6) is -0.640. The van der Waals surface area contributed by atoms with Crippen LogP contribution in [0.3, 0.4) is 0 Å². The van der Waals surface area contributed by atoms with E-state index in [1.54, 1.807) is 0 Å². The van der Waals surface area contributed by atoms with Gasteiger partial charge in [-0.05, 0) is 46.3 Å². The van der Waals surface area contributed by atoms with E-state index in [2.05, 4.69) is 34.5 Å². The van der Waals surface area contributed by atoms with Crippen LogP contribution in [0.2, 0.25) is 0 Å². The maximum absolute atomic E-state index is 13.4. The number of hydrogen-bond acceptors (Lipinski definition) is 3. The zero-order valence-corrected chi connectivity index (χ0v) is 14.5. The molecule has 118 valence electrons. The zero-order valence-electron chi connectivity index (χ0n) is 12.1. The minimum absolute atomic E-state index is 0.0252. The van der Waals surface area contributed by atoms with E-state index in [-0.39, 0.29) is 26.5 Å². The molecule has 3 N–H and O–H groups in total. The van der Waals surface area contributed by atoms with Crippen LogP contribution >= 0.6 is 15.9 Å². The lowest BCUT2D eigenvalue weighted by atomic mass is 9.74. The standard InChI is InChI=1S/C14H20BrFN2O2S/c1-14(2)6-4-3-5-13(14)18-21(19,20)12-8-11(17)10(16)7-9(12)15/h7-8,13,18H,3-6,17H2,1-2H3. The van der Waals surface area contributed by atoms with Crippen LogP contribution in [0, 0.1) is 11.2 Å². The smallest absolute Gasteiger partial charge is 0.242 e. The number of hydrogen-bond donors (Lipinski definition) is 2. The zero-order chi connectivity index (χ0) is 15.8. The maximum atomic E-state index is 13.4. The van der Waals surface area contributed by atoms with Gasteiger partial charge in [0.2, 0.25) is 10.0 Å². The first-order valence-corrected chi connectivity index (χ1v) is 9.18. The molecule has 2 rings (SSSR count). The predicted octanol–water partition coefficient (Wildman–Crippen LogP) is 3.42. The van der Waals surface area contributed by atoms with E-state index in [1.807, 2.05) is 0 Å². The van der Waals surface area contributed by atoms with Crippen molar-refractivity contribution in [2.24, 2.45) is 5.41 Å². The molecule has 0 bridgehead atoms. The summed E-state index contributed by atoms with van der Waals surface area (Å²) in [7, 11) is -3.74. The van der Waals surface area contributed by atoms with Gasteiger partial charge < -0.3 is 5.73 Å². The van der Waals surface area contributed by atoms with Gasteiger partial charge in [-0.2, -0.15) is 0 Å². The lowest BCUT2D eigenvalue weighted by Crippen LogP contribution is -2.46. The average Bonchev–Trinajstić information content (AvgIpc) is 2.36. The molecule has 7 heteroatoms. The first kappa shape index (κ1) is 16.7. The SMILES string of the molecule is CC1(C)CCCCC1NS(=O)(=O)c1cc(N)c(F)cc1Br. The molecule has 1 fully saturated rings. The monoisotopic (exact) mass is 378 g/mol. The summed E-state index contributed by atoms with van der Waals surface area (Å²) in [4.78, 5) is -0.0252. The van der Waals surface area contributed by atoms with Gasteiger partial charge in [-0.25, -0.2) is 17.5 Å². The number of benzene rings is 1. The molecule has 1 atom stereocenters. The van der Waals surface area contributed by atoms with E-state index < -0.39 is 15.8 Å². The van der Waals surface area contributed by atoms with Crippen LogP contribution in [0.1, 0.15) is 39.5 Å². The first-order chi connectivity index (χ1) is 9.63. The van der Waals surface area contributed by atoms with Gasteiger partial charge in [0, 0.05) is 10.5 Å². The highest BCUT2D eigenvalue weighted by molar-refractivity contribution is 9.10. The Morgan fingerprint density at radius 3 is 2.67 bits per heavy atom. The van der Waals surface area contributed by atoms with Gasteiger partial charge in [0.15, 0.2) is 0 Å². The third-order valence-electron chi connectivity index (χ3n) is 4.15. The minimum Gasteiger partial charge on any atom is -0.396 e. The number of sulfonamides is 1. The lowest BCUT2D eigenvalue weighted by molar-refractivity contribution is 0.188. The molecular formula is C14H20BrFN2O2S. The largest absolute Gasteiger partial charge is 0.396 e. The molecule has 1 unspecified atom stereocenters. The summed E-state index contributed by atoms with van der Waals surface area (Å²) in [6, 6.07) is 2.10. The molecule has 0 aromatic heterocycles. The normalized spacial score (nSPS) is 22.2. The Hall–Kier alpha value is -0.660. The molecule has 1 aliphatic rings. The van der Waals surface area contributed by atoms with Gasteiger partial charge in [-0.3, -0.25) is 0 Å². The predicted molar refractivity (Wildman–Crippen MR) is 84.9 cm³/mol. The summed E-state index contributed by atoms with van der Waals surface area (Å²) >= 11 is 3.10. The van der Waals surface area contributed by atoms with Crippen LogP contribution in [-0.2, 0) is 10.0 Å². The molecule has 1 aromatic carbocycles. The van der Waals surface area contributed by atoms with Crippen molar-refractivity contribution in [2.45, 2.75) is 50.5 Å². The third-order valence-corrected chi connectivity index (χ3v) is 6.58. The number of nitrogen functional groups attached to an aromatic ring is 1. The number of rotatable bonds is 3. The number of halogens is 2. The van der Waals surface area contributed by atoms with Gasteiger partial charge in [0.05, 0.1) is 10.6 Å². The fourth-order valence-corrected chi connectivity index (χ4v) is 5.20. The molecule has 0 aliphatic heterocycles. The number of nitrogens with one attached hydrogen (secondary N) is 1. The van der Waals surface area contributed by atoms with E-state index >= 15 is 0 Å². The highest BCUT2D eigenvalue weighted by Crippen LogP contribution is 2.37. The Morgan fingerprint density at radius 2 is 2.05 bits per heavy atom. The van der Waals surface area contributed by atoms with Crippen molar-refractivity contribution < 1.29 is 12.8 Å². The van der Waals surface area contributed by atoms with Crippen molar-refractivity contribution in [3.05, 3.63) is 22.4 Å². The average molecular weight is 379 g/mol. The lowest BCUT2D eigenvalue weighted by Gasteiger charge is -2.38. The molecule has 4 nitrogen and oxygen atoms in total. The maximum Gasteiger partial charge on any atom is 0.242 e. The topological polar surface area (TPSA) is 72.2 Å². The fraction of sp³-hybridized carbons (Fsp3) is 0.571. The second-order valence-electron chi connectivity index (χ2n) is 6.21. The van der Waals surface area contributed by atoms with E-state index in [1.165, 1.54) is 0 Å². The van der Waals surface area contributed by atoms with Gasteiger partial charge in [-0.15, -0.1) is 0 Å². The van der Waals surface area contributed by atoms with Crippen LogP contribution in [0.25, 0.3) is 0 Å². The Labute approximate surface area is 133 Å². The number of anilines is 1. The van der Waals surface area contributed by atoms with Gasteiger partial charge >= 0.3 is 0 Å². The molecule has 0 saturated heterocycles. The minimum atomic E-state index is -3.74. The molecule has 0 spiro atoms. The van der Waals surface area contributed by atoms with Crippen LogP contribution in [0.5, 0.6) is 0 Å². The Morgan fingerprint density at radius 1 is 1.38 bits per heavy atom. The van der Waals surface area contributed by atoms with Crippen molar-refractivity contribution in [3.8, 4) is 0 Å². The highest BCUT2D eigenvalue weighted by atomic mass is 79.9. The van der Waals surface area contributed by atoms with Crippen LogP contribution in [0.4, 0.5) is 10.1 Å². The van der Waals surface area contributed by atoms with E-state index in [0.29, 0.717) is 0 Å². The van der Waals surface area contributed by atoms with Crippen molar-refractivity contribution in [1.29, 1.82) is 0 Å². The molecule has 1 saturated carbocycles. The van der Waals surface area contributed by atoms with Crippen LogP contribution in [0.15, 0.2) is 21.5 Å². The molecular weight excluding hydrogens is 359 g/mol. The summed E-state index contributed by atoms with van der Waals surface area (Å²) in [5, 5.41) is 0. The second kappa shape index (κ2) is 5.85. The van der Waals surface area contributed by atoms with Crippen molar-refractivity contribution in [1.82, 2.24) is 4.72 Å². The third kappa shape index (κ3) is 3.57. The van der Waals surface area contributed by atoms with Crippen LogP contribution in [-0.4, -0.2) is 14.5 Å². The quantitative estimate of drug-likeness (QED) is 0.791. The van der Waals surface area contributed by atoms with Gasteiger partial charge in [0.1, 0.15) is 5.82 Å². The number of nitrogens with two attached hydrogens (primary N) is 1. The second-order valence-corrected chi connectivity index (χ2v) is 8.75. The summed E-state index contributed by atoms with van der Waals surface area (Å²) in [6.45, 7) is 4.13. The Kier molecular flexibility index (Phi) is 4.66. The van der Waals surface area contributed by atoms with Gasteiger partial charge in [-0.1, -0.05) is 26.7 Å². The summed E-state index contributed by atoms with van der Waals surface area (Å²) in [5.41, 5.74) is 5.21. The first-order valence-electron chi connectivity index (χ1n) is 6.90. The Balaban J connectivity index is 2.32. The fourth-order valence-electron chi connectivity index (χ4n) is 2.71. The molecule has 1 aromatic rings. The van der Waals surface area contributed by atoms with Crippen molar-refractivity contribution in [3.63, 3.8) is 0 Å². The molecule has 21 heavy (non-hydrogen) atoms. The Bertz CT molecular complexity index is 647. The molecule has 1 aliphatic carbocycles. The van der Waals surface area contributed by atoms with Crippen LogP contribution < -0.4 is 10.5 Å². The summed E-state index contributed by atoms with van der Waals surface area (Å²) < 4.78 is 41.4.